The van der Waals surface area contributed by atoms with Gasteiger partial charge in [0, 0.05) is 0 Å². The maximum atomic E-state index is 9.32. The van der Waals surface area contributed by atoms with E-state index in [1.807, 2.05) is 0 Å². The second kappa shape index (κ2) is 19.5. The zero-order chi connectivity index (χ0) is 12.2. The Morgan fingerprint density at radius 2 is 0.895 bits per heavy atom. The van der Waals surface area contributed by atoms with Crippen molar-refractivity contribution in [1.29, 1.82) is 0 Å². The fraction of sp³-hybridized carbons (Fsp3) is 0. The predicted octanol–water partition coefficient (Wildman–Crippen LogP) is -19.3. The Balaban J connectivity index is -0.0000000261. The van der Waals surface area contributed by atoms with Crippen LogP contribution in [0.3, 0.4) is 0 Å². The third-order valence-corrected chi connectivity index (χ3v) is 1.80. The maximum absolute atomic E-state index is 9.32. The van der Waals surface area contributed by atoms with Gasteiger partial charge in [-0.2, -0.15) is 0 Å². The van der Waals surface area contributed by atoms with Gasteiger partial charge in [0.15, 0.2) is 0 Å². The molecule has 0 bridgehead atoms. The summed E-state index contributed by atoms with van der Waals surface area (Å²) in [6.07, 6.45) is 0. The third-order valence-electron chi connectivity index (χ3n) is 0.200. The van der Waals surface area contributed by atoms with Crippen molar-refractivity contribution >= 4 is 26.0 Å². The van der Waals surface area contributed by atoms with E-state index < -0.39 is 26.0 Å². The van der Waals surface area contributed by atoms with Gasteiger partial charge in [-0.25, -0.2) is 8.42 Å². The van der Waals surface area contributed by atoms with Gasteiger partial charge in [0.2, 0.25) is 10.4 Å². The molecule has 19 heteroatoms. The summed E-state index contributed by atoms with van der Waals surface area (Å²) in [6.45, 7) is 0. The number of hydrogen-bond donors (Lipinski definition) is 1. The van der Waals surface area contributed by atoms with Crippen LogP contribution in [0.25, 0.3) is 0 Å². The SMILES string of the molecule is O=P([O-])([O-])OP(=O)([O-])[O-].O=S(=O)([O-])O.[Na+].[Na+].[Na+].[Na+].[Na+]. The molecule has 0 aliphatic carbocycles. The van der Waals surface area contributed by atoms with E-state index in [2.05, 4.69) is 4.31 Å². The van der Waals surface area contributed by atoms with Crippen LogP contribution < -0.4 is 167 Å². The molecule has 0 amide bonds. The van der Waals surface area contributed by atoms with E-state index >= 15 is 0 Å². The Bertz CT molecular complexity index is 323. The van der Waals surface area contributed by atoms with Crippen molar-refractivity contribution in [3.63, 3.8) is 0 Å². The first-order valence-electron chi connectivity index (χ1n) is 2.14. The van der Waals surface area contributed by atoms with Crippen LogP contribution in [0.1, 0.15) is 0 Å². The summed E-state index contributed by atoms with van der Waals surface area (Å²) in [7, 11) is -16.3. The van der Waals surface area contributed by atoms with Crippen molar-refractivity contribution < 1.29 is 198 Å². The van der Waals surface area contributed by atoms with Crippen molar-refractivity contribution in [1.82, 2.24) is 0 Å². The van der Waals surface area contributed by atoms with E-state index in [0.717, 1.165) is 0 Å². The van der Waals surface area contributed by atoms with Gasteiger partial charge in [0.05, 0.1) is 15.6 Å². The topological polar surface area (TPSA) is 213 Å². The van der Waals surface area contributed by atoms with E-state index in [1.165, 1.54) is 0 Å². The fourth-order valence-electron chi connectivity index (χ4n) is 0.122. The fourth-order valence-corrected chi connectivity index (χ4v) is 1.10. The minimum absolute atomic E-state index is 0. The first-order chi connectivity index (χ1) is 5.71. The summed E-state index contributed by atoms with van der Waals surface area (Å²) in [4.78, 5) is 37.3. The van der Waals surface area contributed by atoms with Crippen molar-refractivity contribution in [3.8, 4) is 0 Å². The molecule has 88 valence electrons. The average molecular weight is 386 g/mol. The van der Waals surface area contributed by atoms with Crippen LogP contribution in [0.15, 0.2) is 0 Å². The molecule has 0 atom stereocenters. The molecule has 1 N–H and O–H groups in total. The number of rotatable bonds is 2. The summed E-state index contributed by atoms with van der Waals surface area (Å²) in [5, 5.41) is 0. The molecule has 0 heterocycles. The van der Waals surface area contributed by atoms with Crippen LogP contribution in [-0.4, -0.2) is 17.5 Å². The molecule has 0 aliphatic rings. The van der Waals surface area contributed by atoms with Gasteiger partial charge in [-0.3, -0.25) is 4.55 Å². The minimum atomic E-state index is -5.68. The molecule has 0 fully saturated rings. The van der Waals surface area contributed by atoms with E-state index in [0.29, 0.717) is 0 Å². The van der Waals surface area contributed by atoms with Gasteiger partial charge in [-0.15, -0.1) is 0 Å². The monoisotopic (exact) mass is 386 g/mol. The molecule has 0 rings (SSSR count). The summed E-state index contributed by atoms with van der Waals surface area (Å²) >= 11 is 0. The normalized spacial score (nSPS) is 9.58. The second-order valence-corrected chi connectivity index (χ2v) is 4.70. The van der Waals surface area contributed by atoms with Crippen LogP contribution in [0.2, 0.25) is 0 Å². The summed E-state index contributed by atoms with van der Waals surface area (Å²) in [5.74, 6) is 0. The summed E-state index contributed by atoms with van der Waals surface area (Å²) in [5.41, 5.74) is 0. The maximum Gasteiger partial charge on any atom is 1.00 e. The van der Waals surface area contributed by atoms with Crippen LogP contribution >= 0.6 is 15.6 Å². The van der Waals surface area contributed by atoms with Crippen LogP contribution in [0.4, 0.5) is 0 Å². The number of hydrogen-bond acceptors (Lipinski definition) is 10. The molecule has 19 heavy (non-hydrogen) atoms. The first-order valence-corrected chi connectivity index (χ1v) is 6.43. The Morgan fingerprint density at radius 1 is 0.789 bits per heavy atom. The molecule has 0 aromatic rings. The number of phosphoric acid groups is 2. The van der Waals surface area contributed by atoms with E-state index in [1.54, 1.807) is 0 Å². The van der Waals surface area contributed by atoms with Gasteiger partial charge in [-0.1, -0.05) is 0 Å². The molecular formula is HNa5O11P2S. The van der Waals surface area contributed by atoms with E-state index in [-0.39, 0.29) is 148 Å². The largest absolute Gasteiger partial charge is 1.00 e. The van der Waals surface area contributed by atoms with Crippen molar-refractivity contribution in [2.45, 2.75) is 0 Å². The summed E-state index contributed by atoms with van der Waals surface area (Å²) in [6, 6.07) is 0. The van der Waals surface area contributed by atoms with Gasteiger partial charge in [0.1, 0.15) is 0 Å². The van der Waals surface area contributed by atoms with Crippen molar-refractivity contribution in [2.75, 3.05) is 0 Å². The Labute approximate surface area is 219 Å². The van der Waals surface area contributed by atoms with Crippen LogP contribution in [0, 0.1) is 0 Å². The average Bonchev–Trinajstić information content (AvgIpc) is 1.42. The molecule has 0 aromatic carbocycles. The van der Waals surface area contributed by atoms with Crippen molar-refractivity contribution in [3.05, 3.63) is 0 Å². The Kier molecular flexibility index (Phi) is 45.0. The molecule has 0 spiro atoms. The predicted molar refractivity (Wildman–Crippen MR) is 28.6 cm³/mol. The first kappa shape index (κ1) is 44.0. The molecule has 0 radical (unpaired) electrons. The van der Waals surface area contributed by atoms with E-state index in [9.17, 15) is 28.7 Å². The zero-order valence-electron chi connectivity index (χ0n) is 10.8. The molecule has 0 aliphatic heterocycles. The van der Waals surface area contributed by atoms with E-state index in [4.69, 9.17) is 17.5 Å². The smallest absolute Gasteiger partial charge is 0.790 e. The van der Waals surface area contributed by atoms with Gasteiger partial charge >= 0.3 is 148 Å². The van der Waals surface area contributed by atoms with Crippen LogP contribution in [-0.2, 0) is 23.8 Å². The summed E-state index contributed by atoms with van der Waals surface area (Å²) < 4.78 is 54.0. The quantitative estimate of drug-likeness (QED) is 0.203. The van der Waals surface area contributed by atoms with Crippen LogP contribution in [0.5, 0.6) is 0 Å². The van der Waals surface area contributed by atoms with Gasteiger partial charge < -0.3 is 37.6 Å². The molecular weight excluding hydrogens is 385 g/mol. The van der Waals surface area contributed by atoms with Crippen molar-refractivity contribution in [2.24, 2.45) is 0 Å². The minimum Gasteiger partial charge on any atom is -0.790 e. The molecule has 0 aromatic heterocycles. The molecule has 0 unspecified atom stereocenters. The Hall–Kier alpha value is 5.13. The standard InChI is InChI=1S/5Na.H4O7P2.H2O4S/c;;;;;1-8(2,3)7-9(4,5)6;1-5(2,3)4/h;;;;;(H2,1,2,3)(H2,4,5,6);(H2,1,2,3,4)/q5*+1;;/p-5. The zero-order valence-corrected chi connectivity index (χ0v) is 23.4. The molecule has 0 saturated heterocycles. The third kappa shape index (κ3) is 83.4. The van der Waals surface area contributed by atoms with Gasteiger partial charge in [-0.05, 0) is 0 Å². The second-order valence-electron chi connectivity index (χ2n) is 1.40. The molecule has 11 nitrogen and oxygen atoms in total. The molecule has 0 saturated carbocycles. The van der Waals surface area contributed by atoms with Gasteiger partial charge in [0.25, 0.3) is 0 Å². The Morgan fingerprint density at radius 3 is 0.895 bits per heavy atom.